The van der Waals surface area contributed by atoms with Gasteiger partial charge in [0.1, 0.15) is 11.6 Å². The Morgan fingerprint density at radius 1 is 0.543 bits per heavy atom. The quantitative estimate of drug-likeness (QED) is 0.0374. The highest BCUT2D eigenvalue weighted by molar-refractivity contribution is 6.29. The summed E-state index contributed by atoms with van der Waals surface area (Å²) in [6.45, 7) is 5.19. The summed E-state index contributed by atoms with van der Waals surface area (Å²) < 4.78 is 0. The van der Waals surface area contributed by atoms with E-state index in [1.807, 2.05) is 14.1 Å². The standard InChI is InChI=1S/C41H77Cl2NO2/c1-5-7-9-11-13-14-15-16-17-18-19-20-21-23-27-31-38(45)35-37(36-44(3)4)41(46)34-30-26-22-25-29-33-40(43)39(42)32-28-24-12-10-8-6-2/h16-17,37,39-40H,5-15,18-36H2,1-4H3/b17-16-. The Morgan fingerprint density at radius 3 is 1.39 bits per heavy atom. The van der Waals surface area contributed by atoms with Gasteiger partial charge in [0.2, 0.25) is 0 Å². The third kappa shape index (κ3) is 30.9. The molecule has 0 radical (unpaired) electrons. The highest BCUT2D eigenvalue weighted by Crippen LogP contribution is 2.23. The highest BCUT2D eigenvalue weighted by Gasteiger charge is 2.22. The number of halogens is 2. The molecule has 272 valence electrons. The molecule has 0 rings (SSSR count). The molecule has 5 heteroatoms. The van der Waals surface area contributed by atoms with Crippen LogP contribution in [-0.4, -0.2) is 47.9 Å². The van der Waals surface area contributed by atoms with Crippen LogP contribution in [0.2, 0.25) is 0 Å². The zero-order chi connectivity index (χ0) is 34.1. The predicted octanol–water partition coefficient (Wildman–Crippen LogP) is 13.4. The fourth-order valence-corrected chi connectivity index (χ4v) is 6.91. The van der Waals surface area contributed by atoms with Gasteiger partial charge in [0, 0.05) is 42.5 Å². The number of unbranched alkanes of at least 4 members (excludes halogenated alkanes) is 20. The van der Waals surface area contributed by atoms with E-state index < -0.39 is 0 Å². The first-order chi connectivity index (χ1) is 22.3. The number of alkyl halides is 2. The van der Waals surface area contributed by atoms with Crippen molar-refractivity contribution < 1.29 is 9.59 Å². The summed E-state index contributed by atoms with van der Waals surface area (Å²) in [5.74, 6) is 0.379. The number of Topliss-reactive ketones (excluding diaryl/α,β-unsaturated/α-hetero) is 2. The van der Waals surface area contributed by atoms with Crippen LogP contribution in [0.3, 0.4) is 0 Å². The summed E-state index contributed by atoms with van der Waals surface area (Å²) in [7, 11) is 4.00. The number of allylic oxidation sites excluding steroid dienone is 2. The molecule has 0 amide bonds. The maximum Gasteiger partial charge on any atom is 0.137 e. The van der Waals surface area contributed by atoms with Gasteiger partial charge in [0.05, 0.1) is 0 Å². The molecule has 0 aromatic carbocycles. The van der Waals surface area contributed by atoms with E-state index in [2.05, 4.69) is 30.9 Å². The summed E-state index contributed by atoms with van der Waals surface area (Å²) in [5.41, 5.74) is 0. The van der Waals surface area contributed by atoms with Gasteiger partial charge in [-0.15, -0.1) is 23.2 Å². The third-order valence-electron chi connectivity index (χ3n) is 9.36. The van der Waals surface area contributed by atoms with E-state index in [-0.39, 0.29) is 28.2 Å². The molecule has 0 heterocycles. The molecule has 0 aliphatic carbocycles. The molecule has 46 heavy (non-hydrogen) atoms. The summed E-state index contributed by atoms with van der Waals surface area (Å²) in [5, 5.41) is 0.147. The normalized spacial score (nSPS) is 13.9. The van der Waals surface area contributed by atoms with Crippen molar-refractivity contribution in [1.82, 2.24) is 4.90 Å². The fourth-order valence-electron chi connectivity index (χ4n) is 6.35. The SMILES string of the molecule is CCCCCCCC/C=C\CCCCCCCC(=O)CC(CN(C)C)C(=O)CCCCCCCC(Cl)C(Cl)CCCCCCCC. The van der Waals surface area contributed by atoms with E-state index in [4.69, 9.17) is 23.2 Å². The molecule has 0 fully saturated rings. The van der Waals surface area contributed by atoms with E-state index >= 15 is 0 Å². The van der Waals surface area contributed by atoms with Crippen molar-refractivity contribution in [2.24, 2.45) is 5.92 Å². The molecule has 0 aliphatic rings. The Bertz CT molecular complexity index is 711. The number of carbonyl (C=O) groups is 2. The second kappa shape index (κ2) is 34.5. The monoisotopic (exact) mass is 686 g/mol. The maximum absolute atomic E-state index is 13.0. The van der Waals surface area contributed by atoms with Gasteiger partial charge >= 0.3 is 0 Å². The van der Waals surface area contributed by atoms with Crippen LogP contribution in [-0.2, 0) is 9.59 Å². The summed E-state index contributed by atoms with van der Waals surface area (Å²) in [6, 6.07) is 0. The van der Waals surface area contributed by atoms with Crippen LogP contribution in [0, 0.1) is 5.92 Å². The molecule has 0 bridgehead atoms. The Hall–Kier alpha value is -0.380. The molecule has 0 saturated heterocycles. The van der Waals surface area contributed by atoms with E-state index in [1.54, 1.807) is 0 Å². The molecule has 3 unspecified atom stereocenters. The topological polar surface area (TPSA) is 37.4 Å². The lowest BCUT2D eigenvalue weighted by Gasteiger charge is -2.19. The van der Waals surface area contributed by atoms with Crippen LogP contribution >= 0.6 is 23.2 Å². The number of carbonyl (C=O) groups excluding carboxylic acids is 2. The van der Waals surface area contributed by atoms with Gasteiger partial charge in [0.25, 0.3) is 0 Å². The zero-order valence-corrected chi connectivity index (χ0v) is 32.6. The molecule has 0 saturated carbocycles. The number of rotatable bonds is 36. The highest BCUT2D eigenvalue weighted by atomic mass is 35.5. The van der Waals surface area contributed by atoms with E-state index in [1.165, 1.54) is 109 Å². The fraction of sp³-hybridized carbons (Fsp3) is 0.902. The molecule has 0 aromatic heterocycles. The molecule has 0 spiro atoms. The first-order valence-corrected chi connectivity index (χ1v) is 20.8. The minimum absolute atomic E-state index is 0.0648. The van der Waals surface area contributed by atoms with Gasteiger partial charge in [-0.05, 0) is 65.5 Å². The number of nitrogens with zero attached hydrogens (tertiary/aromatic N) is 1. The van der Waals surface area contributed by atoms with Crippen molar-refractivity contribution in [3.05, 3.63) is 12.2 Å². The van der Waals surface area contributed by atoms with Crippen LogP contribution in [0.5, 0.6) is 0 Å². The average molecular weight is 687 g/mol. The van der Waals surface area contributed by atoms with Crippen LogP contribution < -0.4 is 0 Å². The van der Waals surface area contributed by atoms with Crippen molar-refractivity contribution in [2.75, 3.05) is 20.6 Å². The van der Waals surface area contributed by atoms with E-state index in [0.717, 1.165) is 57.8 Å². The van der Waals surface area contributed by atoms with Gasteiger partial charge in [-0.1, -0.05) is 142 Å². The Kier molecular flexibility index (Phi) is 34.2. The molecule has 0 aromatic rings. The lowest BCUT2D eigenvalue weighted by molar-refractivity contribution is -0.128. The van der Waals surface area contributed by atoms with E-state index in [9.17, 15) is 9.59 Å². The summed E-state index contributed by atoms with van der Waals surface area (Å²) in [6.07, 6.45) is 37.9. The van der Waals surface area contributed by atoms with Crippen molar-refractivity contribution in [1.29, 1.82) is 0 Å². The first-order valence-electron chi connectivity index (χ1n) is 19.9. The number of hydrogen-bond acceptors (Lipinski definition) is 3. The van der Waals surface area contributed by atoms with Crippen molar-refractivity contribution in [3.63, 3.8) is 0 Å². The predicted molar refractivity (Wildman–Crippen MR) is 206 cm³/mol. The summed E-state index contributed by atoms with van der Waals surface area (Å²) >= 11 is 13.1. The lowest BCUT2D eigenvalue weighted by atomic mass is 9.91. The lowest BCUT2D eigenvalue weighted by Crippen LogP contribution is -2.29. The molecular weight excluding hydrogens is 609 g/mol. The second-order valence-corrected chi connectivity index (χ2v) is 15.5. The van der Waals surface area contributed by atoms with Crippen LogP contribution in [0.1, 0.15) is 200 Å². The van der Waals surface area contributed by atoms with Crippen LogP contribution in [0.4, 0.5) is 0 Å². The van der Waals surface area contributed by atoms with Gasteiger partial charge < -0.3 is 4.90 Å². The first kappa shape index (κ1) is 45.6. The summed E-state index contributed by atoms with van der Waals surface area (Å²) in [4.78, 5) is 27.8. The Balaban J connectivity index is 3.93. The number of hydrogen-bond donors (Lipinski definition) is 0. The van der Waals surface area contributed by atoms with Crippen molar-refractivity contribution in [3.8, 4) is 0 Å². The molecular formula is C41H77Cl2NO2. The molecule has 0 N–H and O–H groups in total. The average Bonchev–Trinajstić information content (AvgIpc) is 3.03. The zero-order valence-electron chi connectivity index (χ0n) is 31.1. The van der Waals surface area contributed by atoms with E-state index in [0.29, 0.717) is 25.8 Å². The largest absolute Gasteiger partial charge is 0.309 e. The number of ketones is 2. The van der Waals surface area contributed by atoms with Gasteiger partial charge in [-0.25, -0.2) is 0 Å². The molecule has 3 atom stereocenters. The smallest absolute Gasteiger partial charge is 0.137 e. The molecule has 0 aliphatic heterocycles. The van der Waals surface area contributed by atoms with Gasteiger partial charge in [0.15, 0.2) is 0 Å². The molecule has 3 nitrogen and oxygen atoms in total. The maximum atomic E-state index is 13.0. The Morgan fingerprint density at radius 2 is 0.935 bits per heavy atom. The van der Waals surface area contributed by atoms with Crippen LogP contribution in [0.25, 0.3) is 0 Å². The van der Waals surface area contributed by atoms with Crippen molar-refractivity contribution in [2.45, 2.75) is 211 Å². The minimum Gasteiger partial charge on any atom is -0.309 e. The third-order valence-corrected chi connectivity index (χ3v) is 10.5. The van der Waals surface area contributed by atoms with Crippen LogP contribution in [0.15, 0.2) is 12.2 Å². The Labute approximate surface area is 297 Å². The second-order valence-electron chi connectivity index (χ2n) is 14.4. The van der Waals surface area contributed by atoms with Crippen molar-refractivity contribution >= 4 is 34.8 Å². The minimum atomic E-state index is -0.157. The van der Waals surface area contributed by atoms with Gasteiger partial charge in [-0.2, -0.15) is 0 Å². The van der Waals surface area contributed by atoms with Gasteiger partial charge in [-0.3, -0.25) is 9.59 Å².